The highest BCUT2D eigenvalue weighted by Gasteiger charge is 2.46. The van der Waals surface area contributed by atoms with Gasteiger partial charge in [0.25, 0.3) is 0 Å². The fraction of sp³-hybridized carbons (Fsp3) is 0.0714. The summed E-state index contributed by atoms with van der Waals surface area (Å²) in [6.45, 7) is 13.6. The quantitative estimate of drug-likeness (QED) is 0.147. The lowest BCUT2D eigenvalue weighted by molar-refractivity contribution is 0.466. The molecule has 138 heavy (non-hydrogen) atoms. The van der Waals surface area contributed by atoms with Gasteiger partial charge in [-0.15, -0.1) is 0 Å². The molecule has 0 fully saturated rings. The Morgan fingerprint density at radius 3 is 0.964 bits per heavy atom. The molecule has 11 heterocycles. The average molecular weight is 1770 g/mol. The van der Waals surface area contributed by atoms with Crippen molar-refractivity contribution in [2.24, 2.45) is 0 Å². The number of aromatic nitrogens is 9. The molecule has 0 spiro atoms. The lowest BCUT2D eigenvalue weighted by atomic mass is 9.86. The molecule has 0 N–H and O–H groups in total. The van der Waals surface area contributed by atoms with Crippen LogP contribution < -0.4 is 0 Å². The first-order valence-corrected chi connectivity index (χ1v) is 47.5. The lowest BCUT2D eigenvalue weighted by Gasteiger charge is -2.18. The second-order valence-electron chi connectivity index (χ2n) is 38.8. The van der Waals surface area contributed by atoms with Crippen molar-refractivity contribution in [2.45, 2.75) is 57.8 Å². The topological polar surface area (TPSA) is 107 Å². The van der Waals surface area contributed by atoms with Crippen molar-refractivity contribution in [3.8, 4) is 89.8 Å². The van der Waals surface area contributed by atoms with Crippen molar-refractivity contribution in [2.75, 3.05) is 0 Å². The molecule has 12 nitrogen and oxygen atoms in total. The van der Waals surface area contributed by atoms with E-state index in [1.807, 2.05) is 12.1 Å². The lowest BCUT2D eigenvalue weighted by Crippen LogP contribution is -2.14. The molecule has 3 aliphatic carbocycles. The molecular weight excluding hydrogens is 1690 g/mol. The first-order valence-electron chi connectivity index (χ1n) is 47.5. The zero-order valence-corrected chi connectivity index (χ0v) is 76.4. The number of nitrogens with zero attached hydrogens (tertiary/aromatic N) is 9. The number of benzene rings is 17. The summed E-state index contributed by atoms with van der Waals surface area (Å²) >= 11 is 0. The van der Waals surface area contributed by atoms with Crippen LogP contribution >= 0.6 is 0 Å². The summed E-state index contributed by atoms with van der Waals surface area (Å²) < 4.78 is 34.9. The number of fused-ring (bicyclic) bond motifs is 38. The second kappa shape index (κ2) is 28.7. The van der Waals surface area contributed by atoms with Crippen LogP contribution in [0.3, 0.4) is 0 Å². The molecule has 0 unspecified atom stereocenters. The van der Waals surface area contributed by atoms with Gasteiger partial charge in [-0.3, -0.25) is 13.4 Å². The third-order valence-electron chi connectivity index (χ3n) is 30.1. The van der Waals surface area contributed by atoms with Gasteiger partial charge in [-0.2, -0.15) is 0 Å². The first kappa shape index (κ1) is 77.9. The second-order valence-corrected chi connectivity index (χ2v) is 38.8. The largest absolute Gasteiger partial charge is 0.457 e. The van der Waals surface area contributed by atoms with Gasteiger partial charge in [0.05, 0.1) is 60.7 Å². The molecule has 28 aromatic rings. The fourth-order valence-corrected chi connectivity index (χ4v) is 23.8. The highest BCUT2D eigenvalue weighted by molar-refractivity contribution is 6.20. The molecule has 0 amide bonds. The number of pyridine rings is 2. The third kappa shape index (κ3) is 10.9. The summed E-state index contributed by atoms with van der Waals surface area (Å²) in [6.07, 6.45) is 0. The Balaban J connectivity index is 0.000000100. The summed E-state index contributed by atoms with van der Waals surface area (Å²) in [4.78, 5) is 15.5. The molecule has 0 atom stereocenters. The first-order chi connectivity index (χ1) is 67.8. The van der Waals surface area contributed by atoms with Crippen LogP contribution in [0.25, 0.3) is 244 Å². The fourth-order valence-electron chi connectivity index (χ4n) is 23.8. The van der Waals surface area contributed by atoms with Crippen molar-refractivity contribution in [1.82, 2.24) is 42.0 Å². The predicted molar refractivity (Wildman–Crippen MR) is 565 cm³/mol. The monoisotopic (exact) mass is 1770 g/mol. The maximum Gasteiger partial charge on any atom is 0.161 e. The molecule has 17 aromatic carbocycles. The van der Waals surface area contributed by atoms with E-state index in [4.69, 9.17) is 28.2 Å². The maximum atomic E-state index is 6.98. The standard InChI is InChI=1S/2C44H29N3O.C38H27N3O/c1-44(2)34-18-10-8-17-32(34)39-40-41(48-42(39)44)33-24-26(21-23-37(33)46(40)28-12-4-3-5-13-28)27-20-22-35-38(25-27)47-36-19-11-9-15-30(36)29-14-6-7-16-31(29)43(47)45-35;1-44(2)34-18-10-8-17-32(34)39-40-41(48-42(39)44)33-24-26(20-22-37(33)46(40)28-12-4-3-5-13-28)27-21-23-38-35(25-27)45-43-31-16-7-6-14-29(31)30-15-9-11-19-36(30)47(38)43;1-38(2)29-18-10-9-17-27(29)33-34-35(42-36(33)38)28-23-24(21-22-31(28)40(34)25-13-5-3-6-14-25)37-39-30-19-11-12-20-32(30)41(37)26-15-7-4-8-16-26/h2*3-25H,1-2H3;3-23H,1-2H3. The van der Waals surface area contributed by atoms with Crippen molar-refractivity contribution in [3.05, 3.63) is 440 Å². The summed E-state index contributed by atoms with van der Waals surface area (Å²) in [5.41, 5.74) is 40.8. The SMILES string of the molecule is CC1(C)c2ccccc2-c2c1oc1c3cc(-c4ccc5c(c4)nc4c6ccccc6c6ccccc6n54)ccc3n(-c3ccccc3)c21.CC1(C)c2ccccc2-c2c1oc1c3cc(-c4ccc5nc6c7ccccc7c7ccccc7n6c5c4)ccc3n(-c3ccccc3)c21.CC1(C)c2ccccc2-c2c1oc1c3cc(-c4nc5ccccc5n4-c4ccccc4)ccc3n(-c3ccccc3)c21. The van der Waals surface area contributed by atoms with Crippen LogP contribution in [0.15, 0.2) is 420 Å². The Kier molecular flexibility index (Phi) is 16.2. The Bertz CT molecular complexity index is 10000. The van der Waals surface area contributed by atoms with Gasteiger partial charge in [0.1, 0.15) is 50.9 Å². The number of imidazole rings is 3. The van der Waals surface area contributed by atoms with Gasteiger partial charge in [-0.25, -0.2) is 15.0 Å². The van der Waals surface area contributed by atoms with Crippen LogP contribution in [0.2, 0.25) is 0 Å². The average Bonchev–Trinajstić information content (AvgIpc) is 1.53. The van der Waals surface area contributed by atoms with Crippen molar-refractivity contribution in [1.29, 1.82) is 0 Å². The molecule has 11 aromatic heterocycles. The number of para-hydroxylation sites is 8. The van der Waals surface area contributed by atoms with E-state index in [0.717, 1.165) is 200 Å². The van der Waals surface area contributed by atoms with Gasteiger partial charge in [-0.05, 0) is 247 Å². The van der Waals surface area contributed by atoms with Gasteiger partial charge >= 0.3 is 0 Å². The number of rotatable bonds is 7. The molecule has 0 saturated carbocycles. The molecule has 0 aliphatic heterocycles. The Morgan fingerprint density at radius 1 is 0.210 bits per heavy atom. The number of furan rings is 3. The summed E-state index contributed by atoms with van der Waals surface area (Å²) in [6, 6.07) is 145. The smallest absolute Gasteiger partial charge is 0.161 e. The van der Waals surface area contributed by atoms with Crippen LogP contribution in [0, 0.1) is 0 Å². The van der Waals surface area contributed by atoms with Gasteiger partial charge in [0.2, 0.25) is 0 Å². The Morgan fingerprint density at radius 2 is 0.522 bits per heavy atom. The minimum atomic E-state index is -0.225. The van der Waals surface area contributed by atoms with Gasteiger partial charge < -0.3 is 27.0 Å². The number of hydrogen-bond donors (Lipinski definition) is 0. The minimum absolute atomic E-state index is 0.223. The van der Waals surface area contributed by atoms with E-state index in [9.17, 15) is 0 Å². The van der Waals surface area contributed by atoms with Crippen molar-refractivity contribution >= 4 is 154 Å². The highest BCUT2D eigenvalue weighted by atomic mass is 16.3. The molecule has 0 bridgehead atoms. The van der Waals surface area contributed by atoms with Gasteiger partial charge in [0.15, 0.2) is 16.7 Å². The van der Waals surface area contributed by atoms with Crippen LogP contribution in [0.1, 0.15) is 75.5 Å². The molecule has 0 radical (unpaired) electrons. The zero-order chi connectivity index (χ0) is 91.5. The van der Waals surface area contributed by atoms with E-state index in [2.05, 4.69) is 463 Å². The normalized spacial score (nSPS) is 13.8. The molecule has 31 rings (SSSR count). The summed E-state index contributed by atoms with van der Waals surface area (Å²) in [7, 11) is 0. The van der Waals surface area contributed by atoms with Crippen LogP contribution in [0.5, 0.6) is 0 Å². The van der Waals surface area contributed by atoms with E-state index in [1.165, 1.54) is 77.1 Å². The van der Waals surface area contributed by atoms with Crippen molar-refractivity contribution in [3.63, 3.8) is 0 Å². The third-order valence-corrected chi connectivity index (χ3v) is 30.1. The van der Waals surface area contributed by atoms with E-state index in [1.54, 1.807) is 0 Å². The van der Waals surface area contributed by atoms with E-state index in [0.29, 0.717) is 0 Å². The molecule has 3 aliphatic rings. The maximum absolute atomic E-state index is 6.98. The summed E-state index contributed by atoms with van der Waals surface area (Å²) in [5.74, 6) is 4.02. The van der Waals surface area contributed by atoms with Crippen LogP contribution in [-0.2, 0) is 16.2 Å². The molecule has 652 valence electrons. The number of hydrogen-bond acceptors (Lipinski definition) is 6. The van der Waals surface area contributed by atoms with E-state index < -0.39 is 0 Å². The van der Waals surface area contributed by atoms with Gasteiger partial charge in [-0.1, -0.05) is 267 Å². The minimum Gasteiger partial charge on any atom is -0.457 e. The van der Waals surface area contributed by atoms with E-state index in [-0.39, 0.29) is 16.2 Å². The van der Waals surface area contributed by atoms with Gasteiger partial charge in [0, 0.05) is 99.0 Å². The summed E-state index contributed by atoms with van der Waals surface area (Å²) in [5, 5.41) is 10.6. The molecule has 0 saturated heterocycles. The van der Waals surface area contributed by atoms with Crippen LogP contribution in [0.4, 0.5) is 0 Å². The zero-order valence-electron chi connectivity index (χ0n) is 76.4. The van der Waals surface area contributed by atoms with Crippen LogP contribution in [-0.4, -0.2) is 42.0 Å². The highest BCUT2D eigenvalue weighted by Crippen LogP contribution is 2.60. The Hall–Kier alpha value is -17.6. The molecule has 12 heteroatoms. The van der Waals surface area contributed by atoms with E-state index >= 15 is 0 Å². The Labute approximate surface area is 791 Å². The predicted octanol–water partition coefficient (Wildman–Crippen LogP) is 32.6. The van der Waals surface area contributed by atoms with Crippen molar-refractivity contribution < 1.29 is 13.3 Å². The molecular formula is C126H85N9O3.